The Hall–Kier alpha value is -5.22. The highest BCUT2D eigenvalue weighted by Gasteiger charge is 2.23. The van der Waals surface area contributed by atoms with Crippen LogP contribution in [0.15, 0.2) is 84.9 Å². The third kappa shape index (κ3) is 15.3. The van der Waals surface area contributed by atoms with Crippen LogP contribution in [0.1, 0.15) is 151 Å². The first-order valence-corrected chi connectivity index (χ1v) is 20.5. The van der Waals surface area contributed by atoms with Crippen molar-refractivity contribution in [3.05, 3.63) is 124 Å². The van der Waals surface area contributed by atoms with Gasteiger partial charge < -0.3 is 25.9 Å². The lowest BCUT2D eigenvalue weighted by Crippen LogP contribution is -2.25. The maximum absolute atomic E-state index is 11.6. The van der Waals surface area contributed by atoms with E-state index < -0.39 is 11.9 Å². The average molecular weight is 791 g/mol. The van der Waals surface area contributed by atoms with E-state index in [-0.39, 0.29) is 29.6 Å². The van der Waals surface area contributed by atoms with Crippen molar-refractivity contribution in [1.82, 2.24) is 0 Å². The van der Waals surface area contributed by atoms with Gasteiger partial charge in [0.2, 0.25) is 0 Å². The van der Waals surface area contributed by atoms with Crippen LogP contribution < -0.4 is 16.1 Å². The molecule has 0 atom stereocenters. The van der Waals surface area contributed by atoms with Gasteiger partial charge in [-0.1, -0.05) is 96.9 Å². The van der Waals surface area contributed by atoms with Gasteiger partial charge in [0, 0.05) is 35.6 Å². The molecule has 0 bridgehead atoms. The zero-order valence-electron chi connectivity index (χ0n) is 35.8. The quantitative estimate of drug-likeness (QED) is 0.0620. The van der Waals surface area contributed by atoms with E-state index in [1.807, 2.05) is 12.1 Å². The summed E-state index contributed by atoms with van der Waals surface area (Å²) < 4.78 is 0. The molecule has 4 aromatic rings. The third-order valence-electron chi connectivity index (χ3n) is 10.8. The second kappa shape index (κ2) is 22.7. The fraction of sp³-hybridized carbons (Fsp3) is 0.417. The molecule has 1 saturated carbocycles. The van der Waals surface area contributed by atoms with E-state index in [1.165, 1.54) is 68.9 Å². The van der Waals surface area contributed by atoms with Crippen LogP contribution in [0.25, 0.3) is 0 Å². The SMILES string of the molecule is CB(O)c1ccc(C(C)C)cc1.CC(=O)c1cc(NCC2CCC(C(C)C)CC2)cc(C(=O)O)c1.CC(=O)c1cc(NCc2ccc(C(C)C)cc2)cc(C(=O)O)c1. The molecule has 9 nitrogen and oxygen atoms in total. The van der Waals surface area contributed by atoms with Crippen molar-refractivity contribution in [2.75, 3.05) is 17.2 Å². The number of carbonyl (C=O) groups is 4. The molecule has 58 heavy (non-hydrogen) atoms. The number of anilines is 2. The highest BCUT2D eigenvalue weighted by molar-refractivity contribution is 6.64. The molecule has 1 fully saturated rings. The van der Waals surface area contributed by atoms with Gasteiger partial charge in [-0.3, -0.25) is 9.59 Å². The molecule has 1 aliphatic carbocycles. The minimum Gasteiger partial charge on any atom is -0.478 e. The average Bonchev–Trinajstić information content (AvgIpc) is 3.19. The Labute approximate surface area is 345 Å². The number of carbonyl (C=O) groups excluding carboxylic acids is 2. The van der Waals surface area contributed by atoms with Crippen molar-refractivity contribution in [2.24, 2.45) is 17.8 Å². The van der Waals surface area contributed by atoms with E-state index in [1.54, 1.807) is 25.0 Å². The zero-order valence-corrected chi connectivity index (χ0v) is 35.8. The molecule has 5 rings (SSSR count). The van der Waals surface area contributed by atoms with E-state index >= 15 is 0 Å². The molecule has 1 aliphatic rings. The second-order valence-electron chi connectivity index (χ2n) is 16.5. The van der Waals surface area contributed by atoms with Gasteiger partial charge in [0.15, 0.2) is 11.6 Å². The summed E-state index contributed by atoms with van der Waals surface area (Å²) in [6, 6.07) is 25.8. The van der Waals surface area contributed by atoms with Gasteiger partial charge in [-0.2, -0.15) is 0 Å². The number of hydrogen-bond acceptors (Lipinski definition) is 7. The summed E-state index contributed by atoms with van der Waals surface area (Å²) in [6.07, 6.45) is 4.98. The van der Waals surface area contributed by atoms with Crippen LogP contribution in [0.2, 0.25) is 6.82 Å². The van der Waals surface area contributed by atoms with Gasteiger partial charge in [0.25, 0.3) is 0 Å². The summed E-state index contributed by atoms with van der Waals surface area (Å²) in [4.78, 5) is 45.4. The van der Waals surface area contributed by atoms with Crippen LogP contribution >= 0.6 is 0 Å². The lowest BCUT2D eigenvalue weighted by molar-refractivity contribution is 0.0686. The number of ketones is 2. The van der Waals surface area contributed by atoms with Gasteiger partial charge >= 0.3 is 18.9 Å². The summed E-state index contributed by atoms with van der Waals surface area (Å²) >= 11 is 0. The number of carboxylic acid groups (broad SMARTS) is 2. The molecule has 10 heteroatoms. The maximum atomic E-state index is 11.6. The van der Waals surface area contributed by atoms with Crippen LogP contribution in [0.4, 0.5) is 11.4 Å². The van der Waals surface area contributed by atoms with Gasteiger partial charge in [-0.05, 0) is 128 Å². The minimum absolute atomic E-state index is 0.107. The summed E-state index contributed by atoms with van der Waals surface area (Å²) in [6.45, 7) is 18.9. The van der Waals surface area contributed by atoms with Crippen molar-refractivity contribution < 1.29 is 34.4 Å². The predicted molar refractivity (Wildman–Crippen MR) is 237 cm³/mol. The third-order valence-corrected chi connectivity index (χ3v) is 10.8. The Kier molecular flexibility index (Phi) is 18.4. The van der Waals surface area contributed by atoms with Crippen molar-refractivity contribution in [3.63, 3.8) is 0 Å². The number of nitrogens with one attached hydrogen (secondary N) is 2. The zero-order chi connectivity index (χ0) is 43.1. The molecule has 0 unspecified atom stereocenters. The molecule has 0 saturated heterocycles. The highest BCUT2D eigenvalue weighted by atomic mass is 16.4. The first kappa shape index (κ1) is 47.2. The Morgan fingerprint density at radius 3 is 1.41 bits per heavy atom. The largest absolute Gasteiger partial charge is 0.478 e. The van der Waals surface area contributed by atoms with E-state index in [4.69, 9.17) is 5.11 Å². The van der Waals surface area contributed by atoms with Gasteiger partial charge in [-0.25, -0.2) is 9.59 Å². The summed E-state index contributed by atoms with van der Waals surface area (Å²) in [5, 5.41) is 34.1. The summed E-state index contributed by atoms with van der Waals surface area (Å²) in [7, 11) is 0. The van der Waals surface area contributed by atoms with Crippen molar-refractivity contribution in [3.8, 4) is 0 Å². The topological polar surface area (TPSA) is 153 Å². The van der Waals surface area contributed by atoms with Gasteiger partial charge in [0.05, 0.1) is 11.1 Å². The molecular weight excluding hydrogens is 727 g/mol. The first-order chi connectivity index (χ1) is 27.3. The lowest BCUT2D eigenvalue weighted by Gasteiger charge is -2.31. The molecule has 0 amide bonds. The van der Waals surface area contributed by atoms with E-state index in [0.29, 0.717) is 41.1 Å². The standard InChI is InChI=1S/C19H27NO3.C19H21NO3.C10H15BO/c2*1-12(2)15-6-4-14(5-7-15)11-20-18-9-16(13(3)21)8-17(10-18)19(22)23;1-8(2)9-4-6-10(7-5-9)11(3)12/h8-10,12,14-15,20H,4-7,11H2,1-3H3,(H,22,23);4-10,12,20H,11H2,1-3H3,(H,22,23);4-8,12H,1-3H3. The minimum atomic E-state index is -1.04. The van der Waals surface area contributed by atoms with Gasteiger partial charge in [0.1, 0.15) is 0 Å². The fourth-order valence-electron chi connectivity index (χ4n) is 6.82. The molecule has 4 aromatic carbocycles. The number of rotatable bonds is 14. The molecule has 0 spiro atoms. The van der Waals surface area contributed by atoms with Crippen LogP contribution in [0, 0.1) is 17.8 Å². The van der Waals surface area contributed by atoms with Crippen LogP contribution in [-0.2, 0) is 6.54 Å². The summed E-state index contributed by atoms with van der Waals surface area (Å²) in [5.41, 5.74) is 7.13. The second-order valence-corrected chi connectivity index (χ2v) is 16.5. The van der Waals surface area contributed by atoms with Gasteiger partial charge in [-0.15, -0.1) is 0 Å². The Morgan fingerprint density at radius 2 is 1.03 bits per heavy atom. The van der Waals surface area contributed by atoms with E-state index in [2.05, 4.69) is 88.6 Å². The van der Waals surface area contributed by atoms with E-state index in [0.717, 1.165) is 35.1 Å². The Bertz CT molecular complexity index is 1870. The van der Waals surface area contributed by atoms with Crippen LogP contribution in [0.3, 0.4) is 0 Å². The van der Waals surface area contributed by atoms with Crippen molar-refractivity contribution >= 4 is 47.3 Å². The predicted octanol–water partition coefficient (Wildman–Crippen LogP) is 10.4. The number of benzene rings is 4. The molecule has 0 aromatic heterocycles. The normalized spacial score (nSPS) is 14.8. The molecular formula is C48H63BN2O7. The molecule has 0 radical (unpaired) electrons. The van der Waals surface area contributed by atoms with Crippen molar-refractivity contribution in [1.29, 1.82) is 0 Å². The molecule has 0 aliphatic heterocycles. The Balaban J connectivity index is 0.000000245. The number of hydrogen-bond donors (Lipinski definition) is 5. The number of carboxylic acids is 2. The van der Waals surface area contributed by atoms with Crippen molar-refractivity contribution in [2.45, 2.75) is 106 Å². The van der Waals surface area contributed by atoms with E-state index in [9.17, 15) is 29.3 Å². The Morgan fingerprint density at radius 1 is 0.621 bits per heavy atom. The number of aromatic carboxylic acids is 2. The first-order valence-electron chi connectivity index (χ1n) is 20.5. The number of Topliss-reactive ketones (excluding diaryl/α,β-unsaturated/α-hetero) is 2. The molecule has 5 N–H and O–H groups in total. The lowest BCUT2D eigenvalue weighted by atomic mass is 9.64. The van der Waals surface area contributed by atoms with Crippen LogP contribution in [0.5, 0.6) is 0 Å². The maximum Gasteiger partial charge on any atom is 0.335 e. The van der Waals surface area contributed by atoms with Crippen LogP contribution in [-0.4, -0.2) is 52.2 Å². The summed E-state index contributed by atoms with van der Waals surface area (Å²) in [5.74, 6) is 0.951. The highest BCUT2D eigenvalue weighted by Crippen LogP contribution is 2.33. The molecule has 0 heterocycles. The monoisotopic (exact) mass is 790 g/mol. The molecule has 310 valence electrons. The fourth-order valence-corrected chi connectivity index (χ4v) is 6.82. The smallest absolute Gasteiger partial charge is 0.335 e.